The molecule has 0 aliphatic carbocycles. The van der Waals surface area contributed by atoms with Crippen molar-refractivity contribution in [2.75, 3.05) is 39.4 Å². The number of rotatable bonds is 9. The van der Waals surface area contributed by atoms with E-state index in [1.807, 2.05) is 4.90 Å². The van der Waals surface area contributed by atoms with Crippen LogP contribution in [-0.4, -0.2) is 93.8 Å². The zero-order valence-corrected chi connectivity index (χ0v) is 27.4. The zero-order chi connectivity index (χ0) is 36.1. The Kier molecular flexibility index (Phi) is 8.71. The third-order valence-electron chi connectivity index (χ3n) is 9.94. The van der Waals surface area contributed by atoms with Crippen molar-refractivity contribution in [3.63, 3.8) is 0 Å². The molecule has 50 heavy (non-hydrogen) atoms. The van der Waals surface area contributed by atoms with E-state index in [2.05, 4.69) is 25.6 Å². The molecular formula is C35H38F4N6O5. The van der Waals surface area contributed by atoms with E-state index in [1.54, 1.807) is 6.92 Å². The van der Waals surface area contributed by atoms with Gasteiger partial charge in [0.2, 0.25) is 0 Å². The number of nitrogens with one attached hydrogen (secondary N) is 3. The summed E-state index contributed by atoms with van der Waals surface area (Å²) in [4.78, 5) is 38.5. The van der Waals surface area contributed by atoms with E-state index in [9.17, 15) is 23.5 Å². The second kappa shape index (κ2) is 13.3. The minimum atomic E-state index is -2.24. The molecule has 0 radical (unpaired) electrons. The third kappa shape index (κ3) is 6.55. The number of phenolic OH excluding ortho intramolecular Hbond substituents is 1. The van der Waals surface area contributed by atoms with Gasteiger partial charge in [0.1, 0.15) is 41.7 Å². The van der Waals surface area contributed by atoms with Crippen molar-refractivity contribution in [1.82, 2.24) is 30.5 Å². The van der Waals surface area contributed by atoms with E-state index >= 15 is 8.78 Å². The quantitative estimate of drug-likeness (QED) is 0.143. The van der Waals surface area contributed by atoms with Gasteiger partial charge in [-0.1, -0.05) is 6.07 Å². The summed E-state index contributed by atoms with van der Waals surface area (Å²) in [7, 11) is 0. The number of aromatic nitrogens is 3. The molecule has 1 amide bonds. The maximum absolute atomic E-state index is 16.4. The number of carbonyl (C=O) groups excluding carboxylic acids is 1. The van der Waals surface area contributed by atoms with E-state index in [0.717, 1.165) is 25.6 Å². The number of hydrogen-bond donors (Lipinski definition) is 4. The first-order valence-corrected chi connectivity index (χ1v) is 16.6. The molecule has 3 aliphatic heterocycles. The first-order valence-electron chi connectivity index (χ1n) is 17.1. The molecule has 3 saturated heterocycles. The normalized spacial score (nSPS) is 27.0. The number of benzene rings is 2. The van der Waals surface area contributed by atoms with Crippen molar-refractivity contribution in [1.29, 1.82) is 0 Å². The number of alkyl carbamates (subject to hydrolysis) is 1. The van der Waals surface area contributed by atoms with Gasteiger partial charge in [0.25, 0.3) is 11.6 Å². The highest BCUT2D eigenvalue weighted by Gasteiger charge is 2.49. The van der Waals surface area contributed by atoms with Crippen LogP contribution >= 0.6 is 0 Å². The van der Waals surface area contributed by atoms with Gasteiger partial charge in [0, 0.05) is 44.2 Å². The van der Waals surface area contributed by atoms with E-state index < -0.39 is 46.7 Å². The van der Waals surface area contributed by atoms with Crippen molar-refractivity contribution >= 4 is 27.8 Å². The molecule has 11 nitrogen and oxygen atoms in total. The van der Waals surface area contributed by atoms with Gasteiger partial charge in [-0.2, -0.15) is 4.98 Å². The Morgan fingerprint density at radius 3 is 2.92 bits per heavy atom. The minimum Gasteiger partial charge on any atom is -0.508 e. The minimum absolute atomic E-state index is 0.0387. The van der Waals surface area contributed by atoms with Gasteiger partial charge in [-0.05, 0) is 73.7 Å². The fraction of sp³-hybridized carbons (Fsp3) is 0.486. The molecular weight excluding hydrogens is 660 g/mol. The lowest BCUT2D eigenvalue weighted by Crippen LogP contribution is -2.58. The van der Waals surface area contributed by atoms with E-state index in [0.29, 0.717) is 18.4 Å². The van der Waals surface area contributed by atoms with Gasteiger partial charge in [0.05, 0.1) is 24.4 Å². The lowest BCUT2D eigenvalue weighted by atomic mass is 9.91. The van der Waals surface area contributed by atoms with Crippen LogP contribution in [-0.2, 0) is 11.2 Å². The van der Waals surface area contributed by atoms with Gasteiger partial charge in [-0.25, -0.2) is 22.4 Å². The molecule has 0 spiro atoms. The number of amides is 1. The largest absolute Gasteiger partial charge is 0.508 e. The van der Waals surface area contributed by atoms with Crippen LogP contribution in [0.1, 0.15) is 46.0 Å². The molecule has 2 aromatic carbocycles. The van der Waals surface area contributed by atoms with Gasteiger partial charge >= 0.3 is 6.09 Å². The van der Waals surface area contributed by atoms with Gasteiger partial charge in [-0.3, -0.25) is 19.7 Å². The van der Waals surface area contributed by atoms with Crippen LogP contribution < -0.4 is 20.9 Å². The molecule has 4 N–H and O–H groups in total. The summed E-state index contributed by atoms with van der Waals surface area (Å²) in [5, 5.41) is 16.4. The summed E-state index contributed by atoms with van der Waals surface area (Å²) in [6.45, 7) is 2.68. The number of piperidine rings is 1. The van der Waals surface area contributed by atoms with Crippen LogP contribution in [0.25, 0.3) is 32.9 Å². The summed E-state index contributed by atoms with van der Waals surface area (Å²) in [6.07, 6.45) is -1.04. The lowest BCUT2D eigenvalue weighted by molar-refractivity contribution is 0.107. The predicted molar refractivity (Wildman–Crippen MR) is 177 cm³/mol. The Labute approximate surface area is 285 Å². The van der Waals surface area contributed by atoms with Crippen molar-refractivity contribution in [2.45, 2.75) is 68.8 Å². The fourth-order valence-electron chi connectivity index (χ4n) is 7.69. The van der Waals surface area contributed by atoms with Crippen LogP contribution in [0.15, 0.2) is 35.3 Å². The molecule has 266 valence electrons. The number of aromatic amines is 1. The summed E-state index contributed by atoms with van der Waals surface area (Å²) in [5.74, 6) is -1.85. The summed E-state index contributed by atoms with van der Waals surface area (Å²) in [5.41, 5.74) is -2.71. The molecule has 4 aromatic rings. The van der Waals surface area contributed by atoms with Crippen molar-refractivity contribution in [2.24, 2.45) is 0 Å². The van der Waals surface area contributed by atoms with Gasteiger partial charge in [-0.15, -0.1) is 0 Å². The summed E-state index contributed by atoms with van der Waals surface area (Å²) < 4.78 is 79.2. The highest BCUT2D eigenvalue weighted by molar-refractivity contribution is 6.01. The molecule has 2 aromatic heterocycles. The number of H-pyrrole nitrogens is 1. The number of fused-ring (bicyclic) bond motifs is 3. The molecule has 5 heterocycles. The van der Waals surface area contributed by atoms with Crippen LogP contribution in [0.4, 0.5) is 22.4 Å². The smallest absolute Gasteiger partial charge is 0.407 e. The van der Waals surface area contributed by atoms with Crippen molar-refractivity contribution < 1.29 is 38.3 Å². The standard InChI is InChI=1S/C35H38F4N6O5/c1-34(12-20(36)14-40-17-34)44-33(48)49-9-2-4-23-26(38)6-5-19-10-22(46)11-24(27(19)23)29-28(39)30-25(15-41-29)31(47)43-32(42-30)50-18-35-7-3-8-45(35)16-21(37)13-35/h5-6,10-11,15,20-21,40,46H,2-4,7-9,12-14,16-18H2,1H3,(H,44,48)(H,42,43,47)/t20?,21-,34?,35+/m1/s1/i20D. The average Bonchev–Trinajstić information content (AvgIpc) is 3.58. The number of aromatic hydroxyl groups is 1. The summed E-state index contributed by atoms with van der Waals surface area (Å²) >= 11 is 0. The van der Waals surface area contributed by atoms with Crippen LogP contribution in [0.3, 0.4) is 0 Å². The Hall–Kier alpha value is -4.50. The Bertz CT molecular complexity index is 2070. The molecule has 2 unspecified atom stereocenters. The number of carbonyl (C=O) groups is 1. The lowest BCUT2D eigenvalue weighted by Gasteiger charge is -2.36. The van der Waals surface area contributed by atoms with Crippen molar-refractivity contribution in [3.8, 4) is 23.0 Å². The highest BCUT2D eigenvalue weighted by atomic mass is 19.1. The van der Waals surface area contributed by atoms with Crippen molar-refractivity contribution in [3.05, 3.63) is 58.0 Å². The number of ether oxygens (including phenoxy) is 2. The number of halogens is 4. The van der Waals surface area contributed by atoms with Gasteiger partial charge in [0.15, 0.2) is 5.82 Å². The zero-order valence-electron chi connectivity index (χ0n) is 28.4. The Balaban J connectivity index is 1.14. The molecule has 0 bridgehead atoms. The molecule has 7 rings (SSSR count). The van der Waals surface area contributed by atoms with Crippen LogP contribution in [0.5, 0.6) is 11.8 Å². The fourth-order valence-corrected chi connectivity index (χ4v) is 7.69. The number of aryl methyl sites for hydroxylation is 1. The number of alkyl halides is 2. The Morgan fingerprint density at radius 2 is 2.10 bits per heavy atom. The highest BCUT2D eigenvalue weighted by Crippen LogP contribution is 2.41. The predicted octanol–water partition coefficient (Wildman–Crippen LogP) is 4.83. The average molecular weight is 700 g/mol. The second-order valence-corrected chi connectivity index (χ2v) is 13.8. The monoisotopic (exact) mass is 699 g/mol. The first kappa shape index (κ1) is 32.7. The molecule has 4 atom stereocenters. The number of nitrogens with zero attached hydrogens (tertiary/aromatic N) is 3. The van der Waals surface area contributed by atoms with E-state index in [4.69, 9.17) is 10.8 Å². The summed E-state index contributed by atoms with van der Waals surface area (Å²) in [6, 6.07) is 5.05. The van der Waals surface area contributed by atoms with Crippen LogP contribution in [0.2, 0.25) is 0 Å². The number of pyridine rings is 1. The third-order valence-corrected chi connectivity index (χ3v) is 9.94. The molecule has 3 fully saturated rings. The maximum atomic E-state index is 16.4. The molecule has 15 heteroatoms. The SMILES string of the molecule is [2H]C1(F)CNCC(C)(NC(=O)OCCCc2c(F)ccc3cc(O)cc(-c4ncc5c(=O)[nH]c(OC[C@@]67CCCN6C[C@H](F)C7)nc5c4F)c23)C1. The number of phenols is 1. The van der Waals surface area contributed by atoms with E-state index in [-0.39, 0.29) is 90.4 Å². The number of hydrogen-bond acceptors (Lipinski definition) is 9. The van der Waals surface area contributed by atoms with Gasteiger partial charge < -0.3 is 25.2 Å². The maximum Gasteiger partial charge on any atom is 0.407 e. The van der Waals surface area contributed by atoms with Crippen LogP contribution in [0, 0.1) is 11.6 Å². The molecule has 3 aliphatic rings. The Morgan fingerprint density at radius 1 is 1.26 bits per heavy atom. The second-order valence-electron chi connectivity index (χ2n) is 13.8. The van der Waals surface area contributed by atoms with E-state index in [1.165, 1.54) is 24.3 Å². The first-order chi connectivity index (χ1) is 24.2. The topological polar surface area (TPSA) is 142 Å². The molecule has 0 saturated carbocycles.